The molecule has 20 heavy (non-hydrogen) atoms. The highest BCUT2D eigenvalue weighted by Gasteiger charge is 2.40. The van der Waals surface area contributed by atoms with Gasteiger partial charge in [0.2, 0.25) is 0 Å². The number of aliphatic imine (C=N–C) groups is 1. The van der Waals surface area contributed by atoms with E-state index < -0.39 is 0 Å². The van der Waals surface area contributed by atoms with Crippen LogP contribution in [0, 0.1) is 5.82 Å². The summed E-state index contributed by atoms with van der Waals surface area (Å²) in [5.41, 5.74) is 0.812. The molecule has 0 heterocycles. The van der Waals surface area contributed by atoms with Crippen LogP contribution in [0.1, 0.15) is 44.1 Å². The third-order valence-electron chi connectivity index (χ3n) is 3.71. The molecule has 1 aromatic carbocycles. The summed E-state index contributed by atoms with van der Waals surface area (Å²) < 4.78 is 13.7. The number of halogens is 1. The number of nitrogens with zero attached hydrogens (tertiary/aromatic N) is 1. The van der Waals surface area contributed by atoms with Crippen molar-refractivity contribution in [3.63, 3.8) is 0 Å². The van der Waals surface area contributed by atoms with E-state index in [1.165, 1.54) is 18.9 Å². The molecule has 0 saturated heterocycles. The quantitative estimate of drug-likeness (QED) is 0.476. The SMILES string of the molecule is CCCCCNC(=NC)NC1CC1c1ccccc1F. The summed E-state index contributed by atoms with van der Waals surface area (Å²) in [6.45, 7) is 3.13. The molecule has 110 valence electrons. The highest BCUT2D eigenvalue weighted by Crippen LogP contribution is 2.41. The number of hydrogen-bond acceptors (Lipinski definition) is 1. The predicted octanol–water partition coefficient (Wildman–Crippen LogP) is 3.04. The molecule has 2 unspecified atom stereocenters. The first kappa shape index (κ1) is 14.8. The maximum Gasteiger partial charge on any atom is 0.191 e. The molecule has 1 fully saturated rings. The Labute approximate surface area is 120 Å². The smallest absolute Gasteiger partial charge is 0.191 e. The van der Waals surface area contributed by atoms with Crippen LogP contribution in [-0.4, -0.2) is 25.6 Å². The summed E-state index contributed by atoms with van der Waals surface area (Å²) in [5.74, 6) is 0.989. The van der Waals surface area contributed by atoms with Crippen LogP contribution in [0.4, 0.5) is 4.39 Å². The first-order chi connectivity index (χ1) is 9.76. The van der Waals surface area contributed by atoms with Crippen LogP contribution in [0.15, 0.2) is 29.3 Å². The number of rotatable bonds is 6. The van der Waals surface area contributed by atoms with Crippen molar-refractivity contribution in [3.8, 4) is 0 Å². The van der Waals surface area contributed by atoms with Gasteiger partial charge in [-0.3, -0.25) is 4.99 Å². The number of nitrogens with one attached hydrogen (secondary N) is 2. The van der Waals surface area contributed by atoms with Crippen LogP contribution < -0.4 is 10.6 Å². The van der Waals surface area contributed by atoms with E-state index in [-0.39, 0.29) is 11.7 Å². The van der Waals surface area contributed by atoms with Crippen LogP contribution in [-0.2, 0) is 0 Å². The monoisotopic (exact) mass is 277 g/mol. The van der Waals surface area contributed by atoms with Gasteiger partial charge in [0.05, 0.1) is 0 Å². The Bertz CT molecular complexity index is 459. The minimum Gasteiger partial charge on any atom is -0.356 e. The zero-order valence-corrected chi connectivity index (χ0v) is 12.3. The van der Waals surface area contributed by atoms with Gasteiger partial charge in [-0.2, -0.15) is 0 Å². The van der Waals surface area contributed by atoms with Gasteiger partial charge in [-0.05, 0) is 24.5 Å². The van der Waals surface area contributed by atoms with Gasteiger partial charge in [0.15, 0.2) is 5.96 Å². The Morgan fingerprint density at radius 3 is 2.85 bits per heavy atom. The van der Waals surface area contributed by atoms with E-state index >= 15 is 0 Å². The molecular formula is C16H24FN3. The lowest BCUT2D eigenvalue weighted by Gasteiger charge is -2.11. The molecule has 1 aliphatic rings. The highest BCUT2D eigenvalue weighted by atomic mass is 19.1. The van der Waals surface area contributed by atoms with Crippen molar-refractivity contribution >= 4 is 5.96 Å². The highest BCUT2D eigenvalue weighted by molar-refractivity contribution is 5.80. The molecule has 0 amide bonds. The molecule has 1 aromatic rings. The molecular weight excluding hydrogens is 253 g/mol. The van der Waals surface area contributed by atoms with Crippen molar-refractivity contribution in [3.05, 3.63) is 35.6 Å². The molecule has 0 bridgehead atoms. The fourth-order valence-corrected chi connectivity index (χ4v) is 2.43. The zero-order chi connectivity index (χ0) is 14.4. The molecule has 1 aliphatic carbocycles. The fourth-order valence-electron chi connectivity index (χ4n) is 2.43. The Hall–Kier alpha value is -1.58. The molecule has 1 saturated carbocycles. The van der Waals surface area contributed by atoms with E-state index in [9.17, 15) is 4.39 Å². The van der Waals surface area contributed by atoms with Crippen molar-refractivity contribution in [2.45, 2.75) is 44.6 Å². The molecule has 3 nitrogen and oxygen atoms in total. The van der Waals surface area contributed by atoms with Crippen LogP contribution >= 0.6 is 0 Å². The Morgan fingerprint density at radius 2 is 2.15 bits per heavy atom. The van der Waals surface area contributed by atoms with Crippen molar-refractivity contribution in [1.82, 2.24) is 10.6 Å². The topological polar surface area (TPSA) is 36.4 Å². The maximum absolute atomic E-state index is 13.7. The van der Waals surface area contributed by atoms with Crippen molar-refractivity contribution < 1.29 is 4.39 Å². The number of unbranched alkanes of at least 4 members (excludes halogenated alkanes) is 2. The average molecular weight is 277 g/mol. The average Bonchev–Trinajstić information content (AvgIpc) is 3.22. The third kappa shape index (κ3) is 3.95. The van der Waals surface area contributed by atoms with Gasteiger partial charge in [0.25, 0.3) is 0 Å². The standard InChI is InChI=1S/C16H24FN3/c1-3-4-7-10-19-16(18-2)20-15-11-13(15)12-8-5-6-9-14(12)17/h5-6,8-9,13,15H,3-4,7,10-11H2,1-2H3,(H2,18,19,20). The molecule has 2 N–H and O–H groups in total. The van der Waals surface area contributed by atoms with Gasteiger partial charge < -0.3 is 10.6 Å². The van der Waals surface area contributed by atoms with Gasteiger partial charge in [-0.25, -0.2) is 4.39 Å². The zero-order valence-electron chi connectivity index (χ0n) is 12.3. The van der Waals surface area contributed by atoms with Crippen LogP contribution in [0.25, 0.3) is 0 Å². The molecule has 2 atom stereocenters. The van der Waals surface area contributed by atoms with Crippen LogP contribution in [0.5, 0.6) is 0 Å². The van der Waals surface area contributed by atoms with Crippen LogP contribution in [0.2, 0.25) is 0 Å². The lowest BCUT2D eigenvalue weighted by atomic mass is 10.1. The predicted molar refractivity (Wildman–Crippen MR) is 81.6 cm³/mol. The second kappa shape index (κ2) is 7.27. The van der Waals surface area contributed by atoms with E-state index in [0.29, 0.717) is 6.04 Å². The molecule has 0 aromatic heterocycles. The van der Waals surface area contributed by atoms with Gasteiger partial charge in [-0.1, -0.05) is 38.0 Å². The Balaban J connectivity index is 1.79. The minimum absolute atomic E-state index is 0.104. The summed E-state index contributed by atoms with van der Waals surface area (Å²) >= 11 is 0. The first-order valence-electron chi connectivity index (χ1n) is 7.47. The maximum atomic E-state index is 13.7. The van der Waals surface area contributed by atoms with E-state index in [2.05, 4.69) is 22.5 Å². The van der Waals surface area contributed by atoms with Crippen molar-refractivity contribution in [2.75, 3.05) is 13.6 Å². The van der Waals surface area contributed by atoms with Gasteiger partial charge in [-0.15, -0.1) is 0 Å². The number of benzene rings is 1. The molecule has 0 aliphatic heterocycles. The first-order valence-corrected chi connectivity index (χ1v) is 7.47. The summed E-state index contributed by atoms with van der Waals surface area (Å²) in [4.78, 5) is 4.22. The Morgan fingerprint density at radius 1 is 1.35 bits per heavy atom. The summed E-state index contributed by atoms with van der Waals surface area (Å²) in [5, 5.41) is 6.67. The van der Waals surface area contributed by atoms with E-state index in [4.69, 9.17) is 0 Å². The normalized spacial score (nSPS) is 21.6. The molecule has 0 radical (unpaired) electrons. The lowest BCUT2D eigenvalue weighted by molar-refractivity contribution is 0.607. The summed E-state index contributed by atoms with van der Waals surface area (Å²) in [6.07, 6.45) is 4.56. The summed E-state index contributed by atoms with van der Waals surface area (Å²) in [6, 6.07) is 7.33. The minimum atomic E-state index is -0.104. The number of hydrogen-bond donors (Lipinski definition) is 2. The second-order valence-electron chi connectivity index (χ2n) is 5.32. The summed E-state index contributed by atoms with van der Waals surface area (Å²) in [7, 11) is 1.77. The second-order valence-corrected chi connectivity index (χ2v) is 5.32. The van der Waals surface area contributed by atoms with E-state index in [1.807, 2.05) is 12.1 Å². The largest absolute Gasteiger partial charge is 0.356 e. The molecule has 4 heteroatoms. The van der Waals surface area contributed by atoms with Gasteiger partial charge in [0.1, 0.15) is 5.82 Å². The van der Waals surface area contributed by atoms with E-state index in [1.54, 1.807) is 13.1 Å². The lowest BCUT2D eigenvalue weighted by Crippen LogP contribution is -2.39. The van der Waals surface area contributed by atoms with E-state index in [0.717, 1.165) is 30.9 Å². The fraction of sp³-hybridized carbons (Fsp3) is 0.562. The van der Waals surface area contributed by atoms with Gasteiger partial charge >= 0.3 is 0 Å². The Kier molecular flexibility index (Phi) is 5.39. The van der Waals surface area contributed by atoms with Gasteiger partial charge in [0, 0.05) is 25.6 Å². The molecule has 0 spiro atoms. The third-order valence-corrected chi connectivity index (χ3v) is 3.71. The van der Waals surface area contributed by atoms with Crippen molar-refractivity contribution in [1.29, 1.82) is 0 Å². The number of guanidine groups is 1. The molecule has 2 rings (SSSR count). The van der Waals surface area contributed by atoms with Crippen molar-refractivity contribution in [2.24, 2.45) is 4.99 Å². The van der Waals surface area contributed by atoms with Crippen LogP contribution in [0.3, 0.4) is 0 Å².